The molecule has 0 bridgehead atoms. The van der Waals surface area contributed by atoms with E-state index in [1.165, 1.54) is 11.4 Å². The summed E-state index contributed by atoms with van der Waals surface area (Å²) in [4.78, 5) is 12.4. The SMILES string of the molecule is CC[C@H](C)Oc1ccc(/C=N/NC(=O)c2ccc(COc3ccc(-n4c(C)ccc4C)cc3)o2)cc1. The lowest BCUT2D eigenvalue weighted by Crippen LogP contribution is -2.16. The molecule has 0 aliphatic carbocycles. The van der Waals surface area contributed by atoms with Crippen LogP contribution < -0.4 is 14.9 Å². The fourth-order valence-electron chi connectivity index (χ4n) is 3.67. The second-order valence-corrected chi connectivity index (χ2v) is 8.60. The lowest BCUT2D eigenvalue weighted by molar-refractivity contribution is 0.0923. The van der Waals surface area contributed by atoms with E-state index in [0.29, 0.717) is 11.5 Å². The van der Waals surface area contributed by atoms with Crippen molar-refractivity contribution < 1.29 is 18.7 Å². The number of rotatable bonds is 10. The zero-order valence-electron chi connectivity index (χ0n) is 21.0. The molecule has 2 heterocycles. The molecule has 0 radical (unpaired) electrons. The number of nitrogens with zero attached hydrogens (tertiary/aromatic N) is 2. The smallest absolute Gasteiger partial charge is 0.307 e. The zero-order valence-corrected chi connectivity index (χ0v) is 21.0. The molecule has 0 unspecified atom stereocenters. The Kier molecular flexibility index (Phi) is 7.90. The van der Waals surface area contributed by atoms with Crippen LogP contribution in [0.2, 0.25) is 0 Å². The summed E-state index contributed by atoms with van der Waals surface area (Å²) in [7, 11) is 0. The van der Waals surface area contributed by atoms with E-state index < -0.39 is 5.91 Å². The molecule has 4 aromatic rings. The van der Waals surface area contributed by atoms with Gasteiger partial charge in [-0.15, -0.1) is 0 Å². The second-order valence-electron chi connectivity index (χ2n) is 8.60. The van der Waals surface area contributed by atoms with E-state index in [2.05, 4.69) is 48.0 Å². The van der Waals surface area contributed by atoms with Gasteiger partial charge in [-0.3, -0.25) is 4.79 Å². The fourth-order valence-corrected chi connectivity index (χ4v) is 3.67. The maximum Gasteiger partial charge on any atom is 0.307 e. The quantitative estimate of drug-likeness (QED) is 0.214. The minimum absolute atomic E-state index is 0.164. The molecule has 7 nitrogen and oxygen atoms in total. The Labute approximate surface area is 211 Å². The van der Waals surface area contributed by atoms with Crippen LogP contribution in [-0.2, 0) is 6.61 Å². The van der Waals surface area contributed by atoms with Crippen molar-refractivity contribution in [2.24, 2.45) is 5.10 Å². The van der Waals surface area contributed by atoms with Crippen LogP contribution in [0.15, 0.2) is 82.3 Å². The Morgan fingerprint density at radius 2 is 1.64 bits per heavy atom. The normalized spacial score (nSPS) is 12.0. The lowest BCUT2D eigenvalue weighted by atomic mass is 10.2. The first-order chi connectivity index (χ1) is 17.4. The van der Waals surface area contributed by atoms with Gasteiger partial charge in [0.05, 0.1) is 12.3 Å². The number of furan rings is 1. The Hall–Kier alpha value is -4.26. The fraction of sp³-hybridized carbons (Fsp3) is 0.241. The summed E-state index contributed by atoms with van der Waals surface area (Å²) in [6, 6.07) is 22.9. The van der Waals surface area contributed by atoms with Crippen molar-refractivity contribution in [2.75, 3.05) is 0 Å². The third-order valence-corrected chi connectivity index (χ3v) is 5.80. The highest BCUT2D eigenvalue weighted by Gasteiger charge is 2.11. The molecule has 0 saturated heterocycles. The van der Waals surface area contributed by atoms with Crippen molar-refractivity contribution in [3.05, 3.63) is 101 Å². The summed E-state index contributed by atoms with van der Waals surface area (Å²) in [5, 5.41) is 4.01. The summed E-state index contributed by atoms with van der Waals surface area (Å²) in [6.07, 6.45) is 2.67. The van der Waals surface area contributed by atoms with Gasteiger partial charge in [-0.25, -0.2) is 5.43 Å². The summed E-state index contributed by atoms with van der Waals surface area (Å²) in [6.45, 7) is 8.47. The number of aryl methyl sites for hydroxylation is 2. The van der Waals surface area contributed by atoms with Crippen LogP contribution in [0.3, 0.4) is 0 Å². The Morgan fingerprint density at radius 1 is 0.972 bits per heavy atom. The molecule has 36 heavy (non-hydrogen) atoms. The average Bonchev–Trinajstić information content (AvgIpc) is 3.50. The van der Waals surface area contributed by atoms with Crippen LogP contribution in [0, 0.1) is 13.8 Å². The van der Waals surface area contributed by atoms with Gasteiger partial charge in [0.15, 0.2) is 5.76 Å². The van der Waals surface area contributed by atoms with Gasteiger partial charge in [-0.2, -0.15) is 5.10 Å². The zero-order chi connectivity index (χ0) is 25.5. The highest BCUT2D eigenvalue weighted by Crippen LogP contribution is 2.21. The predicted octanol–water partition coefficient (Wildman–Crippen LogP) is 6.21. The minimum Gasteiger partial charge on any atom is -0.491 e. The summed E-state index contributed by atoms with van der Waals surface area (Å²) in [5.41, 5.74) is 6.76. The number of carbonyl (C=O) groups excluding carboxylic acids is 1. The van der Waals surface area contributed by atoms with Gasteiger partial charge in [0.1, 0.15) is 23.9 Å². The van der Waals surface area contributed by atoms with E-state index >= 15 is 0 Å². The van der Waals surface area contributed by atoms with E-state index in [1.54, 1.807) is 18.3 Å². The van der Waals surface area contributed by atoms with Crippen LogP contribution in [-0.4, -0.2) is 22.8 Å². The molecule has 186 valence electrons. The number of benzene rings is 2. The van der Waals surface area contributed by atoms with Gasteiger partial charge in [0.2, 0.25) is 0 Å². The first-order valence-corrected chi connectivity index (χ1v) is 12.0. The van der Waals surface area contributed by atoms with Crippen LogP contribution in [0.1, 0.15) is 53.5 Å². The number of hydrogen-bond acceptors (Lipinski definition) is 5. The van der Waals surface area contributed by atoms with E-state index in [-0.39, 0.29) is 18.5 Å². The number of amides is 1. The molecule has 1 N–H and O–H groups in total. The Bertz CT molecular complexity index is 1300. The topological polar surface area (TPSA) is 78.0 Å². The summed E-state index contributed by atoms with van der Waals surface area (Å²) < 4.78 is 19.4. The summed E-state index contributed by atoms with van der Waals surface area (Å²) in [5.74, 6) is 1.79. The van der Waals surface area contributed by atoms with Gasteiger partial charge < -0.3 is 18.5 Å². The van der Waals surface area contributed by atoms with Gasteiger partial charge in [-0.1, -0.05) is 6.92 Å². The molecular formula is C29H31N3O4. The van der Waals surface area contributed by atoms with Crippen molar-refractivity contribution in [3.63, 3.8) is 0 Å². The molecule has 0 aliphatic heterocycles. The molecule has 1 amide bonds. The van der Waals surface area contributed by atoms with Crippen LogP contribution in [0.5, 0.6) is 11.5 Å². The largest absolute Gasteiger partial charge is 0.491 e. The second kappa shape index (κ2) is 11.4. The van der Waals surface area contributed by atoms with Crippen molar-refractivity contribution in [1.29, 1.82) is 0 Å². The molecule has 0 spiro atoms. The van der Waals surface area contributed by atoms with Crippen LogP contribution in [0.4, 0.5) is 0 Å². The molecular weight excluding hydrogens is 454 g/mol. The Balaban J connectivity index is 1.27. The number of hydrogen-bond donors (Lipinski definition) is 1. The van der Waals surface area contributed by atoms with Crippen molar-refractivity contribution in [3.8, 4) is 17.2 Å². The molecule has 0 aliphatic rings. The molecule has 0 saturated carbocycles. The van der Waals surface area contributed by atoms with Crippen LogP contribution >= 0.6 is 0 Å². The van der Waals surface area contributed by atoms with E-state index in [1.807, 2.05) is 55.5 Å². The highest BCUT2D eigenvalue weighted by atomic mass is 16.5. The van der Waals surface area contributed by atoms with E-state index in [0.717, 1.165) is 23.4 Å². The Morgan fingerprint density at radius 3 is 2.31 bits per heavy atom. The standard InChI is InChI=1S/C29H31N3O4/c1-5-22(4)35-26-12-8-23(9-13-26)18-30-31-29(33)28-17-16-27(36-28)19-34-25-14-10-24(11-15-25)32-20(2)6-7-21(32)3/h6-18,22H,5,19H2,1-4H3,(H,31,33)/b30-18+/t22-/m0/s1. The number of carbonyl (C=O) groups is 1. The molecule has 0 fully saturated rings. The molecule has 7 heteroatoms. The molecule has 2 aromatic carbocycles. The third kappa shape index (κ3) is 6.24. The van der Waals surface area contributed by atoms with E-state index in [9.17, 15) is 4.79 Å². The van der Waals surface area contributed by atoms with Gasteiger partial charge in [-0.05, 0) is 106 Å². The first kappa shape index (κ1) is 24.9. The maximum atomic E-state index is 12.4. The minimum atomic E-state index is -0.434. The van der Waals surface area contributed by atoms with E-state index in [4.69, 9.17) is 13.9 Å². The summed E-state index contributed by atoms with van der Waals surface area (Å²) >= 11 is 0. The number of nitrogens with one attached hydrogen (secondary N) is 1. The molecule has 2 aromatic heterocycles. The first-order valence-electron chi connectivity index (χ1n) is 12.0. The molecule has 1 atom stereocenters. The maximum absolute atomic E-state index is 12.4. The van der Waals surface area contributed by atoms with Crippen LogP contribution in [0.25, 0.3) is 5.69 Å². The third-order valence-electron chi connectivity index (χ3n) is 5.80. The highest BCUT2D eigenvalue weighted by molar-refractivity contribution is 5.92. The van der Waals surface area contributed by atoms with Gasteiger partial charge in [0, 0.05) is 17.1 Å². The van der Waals surface area contributed by atoms with Gasteiger partial charge >= 0.3 is 5.91 Å². The number of hydrazone groups is 1. The predicted molar refractivity (Wildman–Crippen MR) is 140 cm³/mol. The monoisotopic (exact) mass is 485 g/mol. The van der Waals surface area contributed by atoms with Crippen molar-refractivity contribution in [1.82, 2.24) is 9.99 Å². The van der Waals surface area contributed by atoms with Crippen molar-refractivity contribution >= 4 is 12.1 Å². The lowest BCUT2D eigenvalue weighted by Gasteiger charge is -2.12. The number of ether oxygens (including phenoxy) is 2. The van der Waals surface area contributed by atoms with Crippen molar-refractivity contribution in [2.45, 2.75) is 46.8 Å². The van der Waals surface area contributed by atoms with Gasteiger partial charge in [0.25, 0.3) is 0 Å². The molecule has 4 rings (SSSR count). The average molecular weight is 486 g/mol. The number of aromatic nitrogens is 1.